The van der Waals surface area contributed by atoms with Crippen LogP contribution in [0.4, 0.5) is 0 Å². The zero-order valence-electron chi connectivity index (χ0n) is 22.1. The number of Topliss-reactive ketones (excluding diaryl/α,β-unsaturated/α-hetero) is 1. The van der Waals surface area contributed by atoms with Crippen molar-refractivity contribution in [3.63, 3.8) is 0 Å². The highest BCUT2D eigenvalue weighted by molar-refractivity contribution is 5.86. The van der Waals surface area contributed by atoms with E-state index in [9.17, 15) is 9.59 Å². The van der Waals surface area contributed by atoms with Crippen molar-refractivity contribution in [2.24, 2.45) is 5.92 Å². The van der Waals surface area contributed by atoms with Gasteiger partial charge < -0.3 is 14.2 Å². The van der Waals surface area contributed by atoms with Gasteiger partial charge >= 0.3 is 0 Å². The first-order chi connectivity index (χ1) is 16.6. The topological polar surface area (TPSA) is 77.3 Å². The molecule has 1 aromatic carbocycles. The largest absolute Gasteiger partial charge is 0.379 e. The van der Waals surface area contributed by atoms with Crippen molar-refractivity contribution in [3.05, 3.63) is 46.5 Å². The maximum atomic E-state index is 13.6. The Labute approximate surface area is 209 Å². The molecule has 1 saturated heterocycles. The molecule has 1 aliphatic heterocycles. The number of rotatable bonds is 10. The molecule has 1 amide bonds. The third-order valence-corrected chi connectivity index (χ3v) is 7.81. The van der Waals surface area contributed by atoms with Crippen molar-refractivity contribution in [1.29, 1.82) is 0 Å². The first kappa shape index (κ1) is 25.5. The van der Waals surface area contributed by atoms with E-state index in [0.717, 1.165) is 54.9 Å². The molecule has 35 heavy (non-hydrogen) atoms. The number of ether oxygens (including phenoxy) is 1. The zero-order chi connectivity index (χ0) is 25.3. The van der Waals surface area contributed by atoms with Gasteiger partial charge in [0.2, 0.25) is 5.91 Å². The summed E-state index contributed by atoms with van der Waals surface area (Å²) in [6, 6.07) is 6.65. The van der Waals surface area contributed by atoms with Gasteiger partial charge in [-0.15, -0.1) is 10.2 Å². The van der Waals surface area contributed by atoms with Crippen molar-refractivity contribution in [3.8, 4) is 0 Å². The van der Waals surface area contributed by atoms with Crippen LogP contribution in [0, 0.1) is 19.8 Å². The molecular weight excluding hydrogens is 440 g/mol. The molecule has 190 valence electrons. The number of carbonyl (C=O) groups excluding carboxylic acids is 2. The number of methoxy groups -OCH3 is 1. The van der Waals surface area contributed by atoms with Crippen LogP contribution < -0.4 is 0 Å². The lowest BCUT2D eigenvalue weighted by Crippen LogP contribution is -2.28. The molecule has 1 aliphatic carbocycles. The molecule has 1 saturated carbocycles. The fourth-order valence-electron chi connectivity index (χ4n) is 5.28. The third kappa shape index (κ3) is 5.83. The Morgan fingerprint density at radius 2 is 1.89 bits per heavy atom. The van der Waals surface area contributed by atoms with Gasteiger partial charge in [0, 0.05) is 57.8 Å². The lowest BCUT2D eigenvalue weighted by atomic mass is 9.87. The summed E-state index contributed by atoms with van der Waals surface area (Å²) in [5, 5.41) is 9.25. The molecule has 0 radical (unpaired) electrons. The van der Waals surface area contributed by atoms with Gasteiger partial charge in [-0.1, -0.05) is 23.8 Å². The van der Waals surface area contributed by atoms with Crippen molar-refractivity contribution >= 4 is 11.7 Å². The summed E-state index contributed by atoms with van der Waals surface area (Å²) >= 11 is 0. The molecule has 0 spiro atoms. The van der Waals surface area contributed by atoms with Crippen LogP contribution in [-0.2, 0) is 27.2 Å². The van der Waals surface area contributed by atoms with Gasteiger partial charge in [-0.05, 0) is 64.5 Å². The fourth-order valence-corrected chi connectivity index (χ4v) is 5.28. The number of hydrogen-bond donors (Lipinski definition) is 0. The summed E-state index contributed by atoms with van der Waals surface area (Å²) in [7, 11) is 1.75. The maximum absolute atomic E-state index is 13.6. The summed E-state index contributed by atoms with van der Waals surface area (Å²) < 4.78 is 7.87. The Balaban J connectivity index is 1.58. The Hall–Kier alpha value is -2.54. The van der Waals surface area contributed by atoms with Crippen LogP contribution in [0.3, 0.4) is 0 Å². The number of aryl methyl sites for hydroxylation is 3. The monoisotopic (exact) mass is 480 g/mol. The van der Waals surface area contributed by atoms with E-state index in [1.54, 1.807) is 14.0 Å². The molecule has 2 fully saturated rings. The van der Waals surface area contributed by atoms with Gasteiger partial charge in [-0.2, -0.15) is 0 Å². The molecule has 7 nitrogen and oxygen atoms in total. The number of amides is 1. The van der Waals surface area contributed by atoms with E-state index >= 15 is 0 Å². The average Bonchev–Trinajstić information content (AvgIpc) is 3.39. The molecule has 0 bridgehead atoms. The highest BCUT2D eigenvalue weighted by Gasteiger charge is 2.43. The standard InChI is InChI=1S/C28H40N4O3/c1-18-9-10-21(19(2)14-18)15-25(34)23-16-31(20(3)33)17-24(23)27-30-29-26(32(27)22-11-12-22)8-7-13-28(4,5)35-6/h9-10,14,22-24H,7-8,11-13,15-17H2,1-6H3/t23-,24-/m0/s1. The molecule has 2 atom stereocenters. The summed E-state index contributed by atoms with van der Waals surface area (Å²) in [6.07, 6.45) is 5.36. The number of aromatic nitrogens is 3. The number of ketones is 1. The summed E-state index contributed by atoms with van der Waals surface area (Å²) in [5.41, 5.74) is 3.23. The molecule has 2 aromatic rings. The van der Waals surface area contributed by atoms with Gasteiger partial charge in [0.05, 0.1) is 5.60 Å². The predicted molar refractivity (Wildman–Crippen MR) is 135 cm³/mol. The van der Waals surface area contributed by atoms with E-state index in [4.69, 9.17) is 4.74 Å². The van der Waals surface area contributed by atoms with Gasteiger partial charge in [-0.25, -0.2) is 0 Å². The second-order valence-electron chi connectivity index (χ2n) is 11.1. The molecule has 4 rings (SSSR count). The quantitative estimate of drug-likeness (QED) is 0.505. The predicted octanol–water partition coefficient (Wildman–Crippen LogP) is 4.35. The molecule has 2 heterocycles. The van der Waals surface area contributed by atoms with Gasteiger partial charge in [0.15, 0.2) is 0 Å². The molecular formula is C28H40N4O3. The minimum absolute atomic E-state index is 0.0105. The number of benzene rings is 1. The zero-order valence-corrected chi connectivity index (χ0v) is 22.1. The van der Waals surface area contributed by atoms with Crippen LogP contribution in [0.1, 0.15) is 86.8 Å². The van der Waals surface area contributed by atoms with Crippen LogP contribution >= 0.6 is 0 Å². The van der Waals surface area contributed by atoms with E-state index in [2.05, 4.69) is 60.7 Å². The Morgan fingerprint density at radius 3 is 2.51 bits per heavy atom. The van der Waals surface area contributed by atoms with Crippen molar-refractivity contribution in [2.45, 2.75) is 90.7 Å². The fraction of sp³-hybridized carbons (Fsp3) is 0.643. The second kappa shape index (κ2) is 10.2. The van der Waals surface area contributed by atoms with E-state index in [0.29, 0.717) is 25.6 Å². The van der Waals surface area contributed by atoms with E-state index < -0.39 is 0 Å². The van der Waals surface area contributed by atoms with Gasteiger partial charge in [0.25, 0.3) is 0 Å². The van der Waals surface area contributed by atoms with Gasteiger partial charge in [-0.3, -0.25) is 9.59 Å². The molecule has 0 unspecified atom stereocenters. The number of hydrogen-bond acceptors (Lipinski definition) is 5. The third-order valence-electron chi connectivity index (χ3n) is 7.81. The summed E-state index contributed by atoms with van der Waals surface area (Å²) in [4.78, 5) is 27.7. The average molecular weight is 481 g/mol. The normalized spacial score (nSPS) is 20.5. The minimum atomic E-state index is -0.262. The molecule has 0 N–H and O–H groups in total. The van der Waals surface area contributed by atoms with Crippen LogP contribution in [0.2, 0.25) is 0 Å². The second-order valence-corrected chi connectivity index (χ2v) is 11.1. The van der Waals surface area contributed by atoms with Gasteiger partial charge in [0.1, 0.15) is 17.4 Å². The Bertz CT molecular complexity index is 1090. The number of carbonyl (C=O) groups is 2. The summed E-state index contributed by atoms with van der Waals surface area (Å²) in [5.74, 6) is 1.69. The van der Waals surface area contributed by atoms with Crippen LogP contribution in [0.25, 0.3) is 0 Å². The summed E-state index contributed by atoms with van der Waals surface area (Å²) in [6.45, 7) is 10.9. The molecule has 7 heteroatoms. The Morgan fingerprint density at radius 1 is 1.14 bits per heavy atom. The molecule has 2 aliphatic rings. The minimum Gasteiger partial charge on any atom is -0.379 e. The lowest BCUT2D eigenvalue weighted by Gasteiger charge is -2.22. The van der Waals surface area contributed by atoms with Crippen molar-refractivity contribution in [1.82, 2.24) is 19.7 Å². The van der Waals surface area contributed by atoms with Crippen LogP contribution in [0.5, 0.6) is 0 Å². The molecule has 1 aromatic heterocycles. The van der Waals surface area contributed by atoms with Crippen LogP contribution in [0.15, 0.2) is 18.2 Å². The lowest BCUT2D eigenvalue weighted by molar-refractivity contribution is -0.128. The highest BCUT2D eigenvalue weighted by Crippen LogP contribution is 2.41. The number of likely N-dealkylation sites (tertiary alicyclic amines) is 1. The smallest absolute Gasteiger partial charge is 0.219 e. The van der Waals surface area contributed by atoms with E-state index in [1.807, 2.05) is 4.90 Å². The highest BCUT2D eigenvalue weighted by atomic mass is 16.5. The SMILES string of the molecule is COC(C)(C)CCCc1nnc([C@H]2CN(C(C)=O)C[C@@H]2C(=O)Cc2ccc(C)cc2C)n1C1CC1. The van der Waals surface area contributed by atoms with Crippen molar-refractivity contribution < 1.29 is 14.3 Å². The van der Waals surface area contributed by atoms with E-state index in [-0.39, 0.29) is 29.1 Å². The van der Waals surface area contributed by atoms with E-state index in [1.165, 1.54) is 5.56 Å². The van der Waals surface area contributed by atoms with Crippen LogP contribution in [-0.4, -0.2) is 57.2 Å². The first-order valence-corrected chi connectivity index (χ1v) is 12.9. The van der Waals surface area contributed by atoms with Crippen molar-refractivity contribution in [2.75, 3.05) is 20.2 Å². The first-order valence-electron chi connectivity index (χ1n) is 12.9. The Kier molecular flexibility index (Phi) is 7.46. The maximum Gasteiger partial charge on any atom is 0.219 e. The number of nitrogens with zero attached hydrogens (tertiary/aromatic N) is 4.